The number of alkyl carbamates (subject to hydrolysis) is 1. The van der Waals surface area contributed by atoms with Gasteiger partial charge in [-0.3, -0.25) is 4.79 Å². The molecule has 0 saturated carbocycles. The molecule has 2 heterocycles. The molecule has 11 nitrogen and oxygen atoms in total. The van der Waals surface area contributed by atoms with Gasteiger partial charge >= 0.3 is 6.09 Å². The topological polar surface area (TPSA) is 150 Å². The zero-order valence-electron chi connectivity index (χ0n) is 22.6. The summed E-state index contributed by atoms with van der Waals surface area (Å²) < 4.78 is 30.9. The molecular weight excluding hydrogens is 515 g/mol. The minimum absolute atomic E-state index is 0.0480. The van der Waals surface area contributed by atoms with E-state index in [2.05, 4.69) is 25.9 Å². The van der Waals surface area contributed by atoms with Gasteiger partial charge < -0.3 is 35.9 Å². The Kier molecular flexibility index (Phi) is 11.9. The van der Waals surface area contributed by atoms with Crippen LogP contribution in [-0.2, 0) is 9.47 Å². The first-order valence-corrected chi connectivity index (χ1v) is 13.4. The molecule has 38 heavy (non-hydrogen) atoms. The minimum atomic E-state index is -0.852. The number of thioether (sulfide) groups is 1. The number of ether oxygens (including phenoxy) is 3. The highest BCUT2D eigenvalue weighted by molar-refractivity contribution is 7.98. The largest absolute Gasteiger partial charge is 0.475 e. The molecular formula is C25H37FN6O5S. The second kappa shape index (κ2) is 14.6. The molecule has 0 fully saturated rings. The molecule has 0 aliphatic carbocycles. The van der Waals surface area contributed by atoms with Crippen molar-refractivity contribution in [2.24, 2.45) is 5.73 Å². The van der Waals surface area contributed by atoms with Crippen LogP contribution in [0.3, 0.4) is 0 Å². The fourth-order valence-electron chi connectivity index (χ4n) is 3.27. The Morgan fingerprint density at radius 3 is 2.58 bits per heavy atom. The number of primary amides is 1. The molecule has 0 aromatic carbocycles. The normalized spacial score (nSPS) is 12.8. The van der Waals surface area contributed by atoms with Gasteiger partial charge in [-0.2, -0.15) is 11.8 Å². The molecule has 2 atom stereocenters. The number of halogens is 1. The van der Waals surface area contributed by atoms with Crippen LogP contribution in [0, 0.1) is 5.82 Å². The highest BCUT2D eigenvalue weighted by Crippen LogP contribution is 2.26. The molecule has 0 aliphatic rings. The van der Waals surface area contributed by atoms with E-state index in [1.807, 2.05) is 6.26 Å². The first-order valence-electron chi connectivity index (χ1n) is 12.0. The number of carbonyl (C=O) groups excluding carboxylic acids is 2. The lowest BCUT2D eigenvalue weighted by atomic mass is 10.1. The molecule has 13 heteroatoms. The first kappa shape index (κ1) is 30.9. The molecule has 0 saturated heterocycles. The predicted molar refractivity (Wildman–Crippen MR) is 147 cm³/mol. The maximum absolute atomic E-state index is 15.1. The van der Waals surface area contributed by atoms with Crippen LogP contribution in [0.4, 0.5) is 26.5 Å². The smallest absolute Gasteiger partial charge is 0.407 e. The Balaban J connectivity index is 2.31. The molecule has 0 unspecified atom stereocenters. The van der Waals surface area contributed by atoms with Crippen molar-refractivity contribution in [3.8, 4) is 5.88 Å². The summed E-state index contributed by atoms with van der Waals surface area (Å²) in [5.41, 5.74) is 5.20. The Labute approximate surface area is 226 Å². The van der Waals surface area contributed by atoms with Gasteiger partial charge in [0.2, 0.25) is 5.88 Å². The van der Waals surface area contributed by atoms with Crippen molar-refractivity contribution in [2.45, 2.75) is 51.8 Å². The lowest BCUT2D eigenvalue weighted by Gasteiger charge is -2.28. The maximum atomic E-state index is 15.1. The Bertz CT molecular complexity index is 1080. The number of hydrogen-bond donors (Lipinski definition) is 4. The average molecular weight is 553 g/mol. The third-order valence-corrected chi connectivity index (χ3v) is 5.72. The molecule has 0 spiro atoms. The standard InChI is InChI=1S/C25H37FN6O5S/c1-15(29-24(34)37-25(2,3)4)19(8-12-38-6)31-23-18(26)14-17(21(27)33)22(32-23)30-16-7-9-28-20(13-16)36-11-10-35-5/h7,9,13-15,19H,8,10-12H2,1-6H3,(H2,27,33)(H,29,34)(H2,28,30,31,32)/t15-,19+/m0/s1. The van der Waals surface area contributed by atoms with Gasteiger partial charge in [0.05, 0.1) is 12.2 Å². The summed E-state index contributed by atoms with van der Waals surface area (Å²) in [6.07, 6.45) is 3.47. The van der Waals surface area contributed by atoms with Crippen molar-refractivity contribution in [3.63, 3.8) is 0 Å². The Hall–Kier alpha value is -3.32. The van der Waals surface area contributed by atoms with E-state index >= 15 is 4.39 Å². The van der Waals surface area contributed by atoms with Gasteiger partial charge in [0.25, 0.3) is 5.91 Å². The van der Waals surface area contributed by atoms with Gasteiger partial charge in [-0.25, -0.2) is 19.2 Å². The number of nitrogens with one attached hydrogen (secondary N) is 3. The number of hydrogen-bond acceptors (Lipinski definition) is 10. The number of carbonyl (C=O) groups is 2. The number of amides is 2. The minimum Gasteiger partial charge on any atom is -0.475 e. The van der Waals surface area contributed by atoms with Gasteiger partial charge in [0.1, 0.15) is 18.0 Å². The Morgan fingerprint density at radius 1 is 1.21 bits per heavy atom. The van der Waals surface area contributed by atoms with Crippen LogP contribution in [0.5, 0.6) is 5.88 Å². The molecule has 0 bridgehead atoms. The van der Waals surface area contributed by atoms with Crippen molar-refractivity contribution >= 4 is 41.1 Å². The molecule has 210 valence electrons. The zero-order chi connectivity index (χ0) is 28.3. The summed E-state index contributed by atoms with van der Waals surface area (Å²) in [6.45, 7) is 7.79. The van der Waals surface area contributed by atoms with Crippen molar-refractivity contribution in [3.05, 3.63) is 35.8 Å². The van der Waals surface area contributed by atoms with Gasteiger partial charge in [0, 0.05) is 37.1 Å². The van der Waals surface area contributed by atoms with E-state index < -0.39 is 35.5 Å². The van der Waals surface area contributed by atoms with Crippen LogP contribution in [0.15, 0.2) is 24.4 Å². The van der Waals surface area contributed by atoms with E-state index in [0.29, 0.717) is 31.2 Å². The van der Waals surface area contributed by atoms with E-state index in [1.54, 1.807) is 58.7 Å². The summed E-state index contributed by atoms with van der Waals surface area (Å²) in [4.78, 5) is 32.8. The van der Waals surface area contributed by atoms with Crippen LogP contribution < -0.4 is 26.4 Å². The Morgan fingerprint density at radius 2 is 1.95 bits per heavy atom. The molecule has 2 amide bonds. The van der Waals surface area contributed by atoms with E-state index in [0.717, 1.165) is 11.8 Å². The maximum Gasteiger partial charge on any atom is 0.407 e. The van der Waals surface area contributed by atoms with E-state index in [4.69, 9.17) is 19.9 Å². The average Bonchev–Trinajstić information content (AvgIpc) is 2.82. The summed E-state index contributed by atoms with van der Waals surface area (Å²) in [5, 5.41) is 8.86. The molecule has 0 radical (unpaired) electrons. The predicted octanol–water partition coefficient (Wildman–Crippen LogP) is 3.93. The summed E-state index contributed by atoms with van der Waals surface area (Å²) in [7, 11) is 1.56. The molecule has 0 aliphatic heterocycles. The first-order chi connectivity index (χ1) is 17.9. The van der Waals surface area contributed by atoms with Crippen LogP contribution in [0.1, 0.15) is 44.5 Å². The summed E-state index contributed by atoms with van der Waals surface area (Å²) in [6, 6.07) is 3.44. The van der Waals surface area contributed by atoms with E-state index in [9.17, 15) is 9.59 Å². The second-order valence-electron chi connectivity index (χ2n) is 9.40. The number of methoxy groups -OCH3 is 1. The summed E-state index contributed by atoms with van der Waals surface area (Å²) in [5.74, 6) is -0.602. The van der Waals surface area contributed by atoms with Crippen LogP contribution >= 0.6 is 11.8 Å². The van der Waals surface area contributed by atoms with Gasteiger partial charge in [-0.05, 0) is 58.3 Å². The van der Waals surface area contributed by atoms with Crippen molar-refractivity contribution in [1.82, 2.24) is 15.3 Å². The number of anilines is 3. The molecule has 5 N–H and O–H groups in total. The van der Waals surface area contributed by atoms with Gasteiger partial charge in [-0.1, -0.05) is 0 Å². The lowest BCUT2D eigenvalue weighted by molar-refractivity contribution is 0.0503. The SMILES string of the molecule is COCCOc1cc(Nc2nc(N[C@H](CCSC)[C@H](C)NC(=O)OC(C)(C)C)c(F)cc2C(N)=O)ccn1. The van der Waals surface area contributed by atoms with Crippen LogP contribution in [0.2, 0.25) is 0 Å². The molecule has 2 rings (SSSR count). The third kappa shape index (κ3) is 10.2. The number of nitrogens with two attached hydrogens (primary N) is 1. The number of nitrogens with zero attached hydrogens (tertiary/aromatic N) is 2. The lowest BCUT2D eigenvalue weighted by Crippen LogP contribution is -2.47. The fourth-order valence-corrected chi connectivity index (χ4v) is 3.76. The number of pyridine rings is 2. The monoisotopic (exact) mass is 552 g/mol. The highest BCUT2D eigenvalue weighted by atomic mass is 32.2. The zero-order valence-corrected chi connectivity index (χ0v) is 23.4. The molecule has 2 aromatic rings. The fraction of sp³-hybridized carbons (Fsp3) is 0.520. The van der Waals surface area contributed by atoms with Crippen LogP contribution in [-0.4, -0.2) is 72.0 Å². The third-order valence-electron chi connectivity index (χ3n) is 5.08. The van der Waals surface area contributed by atoms with Crippen molar-refractivity contribution < 1.29 is 28.2 Å². The second-order valence-corrected chi connectivity index (χ2v) is 10.4. The quantitative estimate of drug-likeness (QED) is 0.254. The van der Waals surface area contributed by atoms with Crippen molar-refractivity contribution in [2.75, 3.05) is 43.0 Å². The molecule has 2 aromatic heterocycles. The van der Waals surface area contributed by atoms with E-state index in [1.165, 1.54) is 6.20 Å². The number of aromatic nitrogens is 2. The highest BCUT2D eigenvalue weighted by Gasteiger charge is 2.25. The van der Waals surface area contributed by atoms with Gasteiger partial charge in [0.15, 0.2) is 11.6 Å². The van der Waals surface area contributed by atoms with Gasteiger partial charge in [-0.15, -0.1) is 0 Å². The van der Waals surface area contributed by atoms with Crippen LogP contribution in [0.25, 0.3) is 0 Å². The van der Waals surface area contributed by atoms with Crippen molar-refractivity contribution in [1.29, 1.82) is 0 Å². The summed E-state index contributed by atoms with van der Waals surface area (Å²) >= 11 is 1.61. The number of rotatable bonds is 14. The van der Waals surface area contributed by atoms with E-state index in [-0.39, 0.29) is 17.2 Å².